The predicted molar refractivity (Wildman–Crippen MR) is 114 cm³/mol. The van der Waals surface area contributed by atoms with Gasteiger partial charge in [-0.15, -0.1) is 0 Å². The quantitative estimate of drug-likeness (QED) is 0.506. The normalized spacial score (nSPS) is 52.9. The number of Topliss-reactive ketones (excluding diaryl/α,β-unsaturated/α-hetero) is 1. The van der Waals surface area contributed by atoms with Crippen LogP contribution in [0.5, 0.6) is 0 Å². The number of hydrogen-bond acceptors (Lipinski definition) is 2. The largest absolute Gasteiger partial charge is 0.412 e. The van der Waals surface area contributed by atoms with Crippen LogP contribution in [0.15, 0.2) is 0 Å². The maximum Gasteiger partial charge on any atom is 0.184 e. The highest BCUT2D eigenvalue weighted by Crippen LogP contribution is 2.69. The van der Waals surface area contributed by atoms with E-state index in [1.54, 1.807) is 0 Å². The molecular formula is C24H42O2Si. The Morgan fingerprint density at radius 3 is 2.33 bits per heavy atom. The van der Waals surface area contributed by atoms with Gasteiger partial charge in [-0.3, -0.25) is 4.79 Å². The Kier molecular flexibility index (Phi) is 4.60. The van der Waals surface area contributed by atoms with Gasteiger partial charge in [0, 0.05) is 12.8 Å². The van der Waals surface area contributed by atoms with Gasteiger partial charge in [-0.2, -0.15) is 0 Å². The van der Waals surface area contributed by atoms with Crippen molar-refractivity contribution in [2.24, 2.45) is 40.4 Å². The second kappa shape index (κ2) is 6.17. The Hall–Kier alpha value is -0.153. The van der Waals surface area contributed by atoms with E-state index in [2.05, 4.69) is 47.3 Å². The lowest BCUT2D eigenvalue weighted by molar-refractivity contribution is -0.162. The van der Waals surface area contributed by atoms with E-state index in [4.69, 9.17) is 4.43 Å². The van der Waals surface area contributed by atoms with Crippen LogP contribution in [0, 0.1) is 40.4 Å². The van der Waals surface area contributed by atoms with E-state index in [0.717, 1.165) is 42.9 Å². The van der Waals surface area contributed by atoms with Crippen molar-refractivity contribution in [1.82, 2.24) is 0 Å². The topological polar surface area (TPSA) is 26.3 Å². The molecule has 0 amide bonds. The fourth-order valence-electron chi connectivity index (χ4n) is 8.50. The molecule has 0 bridgehead atoms. The van der Waals surface area contributed by atoms with Gasteiger partial charge in [-0.05, 0) is 106 Å². The molecule has 3 heteroatoms. The molecule has 0 radical (unpaired) electrons. The summed E-state index contributed by atoms with van der Waals surface area (Å²) in [5.41, 5.74) is 0.800. The molecule has 0 spiro atoms. The van der Waals surface area contributed by atoms with Crippen molar-refractivity contribution in [1.29, 1.82) is 0 Å². The van der Waals surface area contributed by atoms with Crippen molar-refractivity contribution in [3.8, 4) is 0 Å². The zero-order valence-corrected chi connectivity index (χ0v) is 19.9. The van der Waals surface area contributed by atoms with E-state index in [9.17, 15) is 4.79 Å². The van der Waals surface area contributed by atoms with Crippen LogP contribution in [-0.2, 0) is 9.22 Å². The zero-order valence-electron chi connectivity index (χ0n) is 18.9. The van der Waals surface area contributed by atoms with Crippen molar-refractivity contribution in [2.45, 2.75) is 104 Å². The second-order valence-electron chi connectivity index (χ2n) is 12.4. The van der Waals surface area contributed by atoms with Crippen LogP contribution in [0.4, 0.5) is 0 Å². The van der Waals surface area contributed by atoms with E-state index < -0.39 is 8.32 Å². The first kappa shape index (κ1) is 20.1. The third-order valence-corrected chi connectivity index (χ3v) is 11.0. The molecule has 27 heavy (non-hydrogen) atoms. The highest BCUT2D eigenvalue weighted by atomic mass is 28.4. The Labute approximate surface area is 168 Å². The van der Waals surface area contributed by atoms with Gasteiger partial charge in [0.25, 0.3) is 0 Å². The summed E-state index contributed by atoms with van der Waals surface area (Å²) in [6.45, 7) is 17.2. The van der Waals surface area contributed by atoms with E-state index >= 15 is 0 Å². The average Bonchev–Trinajstić information content (AvgIpc) is 2.79. The first-order valence-corrected chi connectivity index (χ1v) is 15.0. The summed E-state index contributed by atoms with van der Waals surface area (Å²) in [6.07, 6.45) is 9.40. The molecule has 0 N–H and O–H groups in total. The minimum atomic E-state index is -1.57. The van der Waals surface area contributed by atoms with E-state index in [1.165, 1.54) is 32.1 Å². The highest BCUT2D eigenvalue weighted by Gasteiger charge is 2.65. The maximum atomic E-state index is 12.2. The smallest absolute Gasteiger partial charge is 0.184 e. The molecule has 4 saturated carbocycles. The van der Waals surface area contributed by atoms with Crippen LogP contribution in [0.2, 0.25) is 19.6 Å². The van der Waals surface area contributed by atoms with E-state index in [0.29, 0.717) is 22.5 Å². The van der Waals surface area contributed by atoms with Crippen LogP contribution in [0.3, 0.4) is 0 Å². The van der Waals surface area contributed by atoms with Crippen LogP contribution < -0.4 is 0 Å². The number of carbonyl (C=O) groups excluding carboxylic acids is 1. The molecule has 0 aromatic rings. The zero-order chi connectivity index (χ0) is 19.8. The monoisotopic (exact) mass is 390 g/mol. The third kappa shape index (κ3) is 2.93. The van der Waals surface area contributed by atoms with Crippen molar-refractivity contribution in [3.05, 3.63) is 0 Å². The van der Waals surface area contributed by atoms with Crippen molar-refractivity contribution in [2.75, 3.05) is 0 Å². The molecule has 0 aliphatic heterocycles. The van der Waals surface area contributed by atoms with Crippen LogP contribution in [0.1, 0.15) is 79.1 Å². The predicted octanol–water partition coefficient (Wildman–Crippen LogP) is 6.45. The summed E-state index contributed by atoms with van der Waals surface area (Å²) < 4.78 is 6.91. The molecule has 4 aliphatic rings. The highest BCUT2D eigenvalue weighted by molar-refractivity contribution is 6.69. The number of carbonyl (C=O) groups is 1. The molecule has 0 aromatic carbocycles. The molecular weight excluding hydrogens is 348 g/mol. The van der Waals surface area contributed by atoms with Crippen LogP contribution in [-0.4, -0.2) is 19.7 Å². The van der Waals surface area contributed by atoms with Crippen LogP contribution in [0.25, 0.3) is 0 Å². The molecule has 0 saturated heterocycles. The molecule has 0 aromatic heterocycles. The molecule has 8 atom stereocenters. The lowest BCUT2D eigenvalue weighted by Gasteiger charge is -2.63. The third-order valence-electron chi connectivity index (χ3n) is 9.90. The van der Waals surface area contributed by atoms with E-state index in [1.807, 2.05) is 0 Å². The van der Waals surface area contributed by atoms with Gasteiger partial charge >= 0.3 is 0 Å². The lowest BCUT2D eigenvalue weighted by Crippen LogP contribution is -2.59. The fraction of sp³-hybridized carbons (Fsp3) is 0.958. The Morgan fingerprint density at radius 1 is 1.00 bits per heavy atom. The van der Waals surface area contributed by atoms with Gasteiger partial charge in [0.2, 0.25) is 0 Å². The molecule has 4 rings (SSSR count). The molecule has 4 fully saturated rings. The molecule has 154 valence electrons. The number of fused-ring (bicyclic) bond motifs is 5. The van der Waals surface area contributed by atoms with Crippen molar-refractivity contribution in [3.63, 3.8) is 0 Å². The van der Waals surface area contributed by atoms with Gasteiger partial charge in [-0.25, -0.2) is 0 Å². The number of ketones is 1. The number of rotatable bonds is 2. The van der Waals surface area contributed by atoms with Crippen molar-refractivity contribution >= 4 is 14.1 Å². The molecule has 4 aliphatic carbocycles. The minimum Gasteiger partial charge on any atom is -0.412 e. The standard InChI is InChI=1S/C24H42O2Si/c1-16-14-17-15-18(25)8-11-22(17,2)19-9-12-23(3)20(21(16)19)10-13-24(23,4)26-27(5,6)7/h16-17,19-21H,8-15H2,1-7H3/t16-,17-,19?,20?,21?,22?,23?,24+/m1/s1. The second-order valence-corrected chi connectivity index (χ2v) is 16.8. The summed E-state index contributed by atoms with van der Waals surface area (Å²) in [4.78, 5) is 12.2. The summed E-state index contributed by atoms with van der Waals surface area (Å²) in [5, 5.41) is 0. The Morgan fingerprint density at radius 2 is 1.67 bits per heavy atom. The first-order valence-electron chi connectivity index (χ1n) is 11.6. The molecule has 0 heterocycles. The molecule has 2 nitrogen and oxygen atoms in total. The summed E-state index contributed by atoms with van der Waals surface area (Å²) in [5.74, 6) is 4.41. The van der Waals surface area contributed by atoms with Gasteiger partial charge in [0.05, 0.1) is 5.60 Å². The lowest BCUT2D eigenvalue weighted by atomic mass is 9.42. The number of hydrogen-bond donors (Lipinski definition) is 0. The average molecular weight is 391 g/mol. The Bertz CT molecular complexity index is 624. The molecule has 5 unspecified atom stereocenters. The summed E-state index contributed by atoms with van der Waals surface area (Å²) in [7, 11) is -1.57. The minimum absolute atomic E-state index is 0.0626. The fourth-order valence-corrected chi connectivity index (χ4v) is 10.2. The Balaban J connectivity index is 1.66. The maximum absolute atomic E-state index is 12.2. The summed E-state index contributed by atoms with van der Waals surface area (Å²) >= 11 is 0. The van der Waals surface area contributed by atoms with Gasteiger partial charge < -0.3 is 4.43 Å². The van der Waals surface area contributed by atoms with Crippen molar-refractivity contribution < 1.29 is 9.22 Å². The summed E-state index contributed by atoms with van der Waals surface area (Å²) in [6, 6.07) is 0. The first-order chi connectivity index (χ1) is 12.4. The SMILES string of the molecule is C[C@@H]1C[C@@H]2CC(=O)CCC2(C)C2CCC3(C)C(CC[C@]3(C)O[Si](C)(C)C)C21. The van der Waals surface area contributed by atoms with Crippen LogP contribution >= 0.6 is 0 Å². The van der Waals surface area contributed by atoms with Gasteiger partial charge in [0.15, 0.2) is 8.32 Å². The van der Waals surface area contributed by atoms with Gasteiger partial charge in [0.1, 0.15) is 5.78 Å². The van der Waals surface area contributed by atoms with E-state index in [-0.39, 0.29) is 5.60 Å². The van der Waals surface area contributed by atoms with Gasteiger partial charge in [-0.1, -0.05) is 20.8 Å².